The molecular weight excluding hydrogens is 388 g/mol. The highest BCUT2D eigenvalue weighted by Gasteiger charge is 2.30. The number of ether oxygens (including phenoxy) is 2. The number of hydrogen-bond acceptors (Lipinski definition) is 6. The number of para-hydroxylation sites is 1. The summed E-state index contributed by atoms with van der Waals surface area (Å²) >= 11 is 7.43. The number of benzene rings is 1. The Bertz CT molecular complexity index is 811. The molecule has 0 unspecified atom stereocenters. The SMILES string of the molecule is CCOC(=O)[C@H]1CCCN(C(=O)c2csc(COc3ccccc3Cl)n2)C1. The Morgan fingerprint density at radius 1 is 1.37 bits per heavy atom. The summed E-state index contributed by atoms with van der Waals surface area (Å²) in [5, 5.41) is 2.95. The summed E-state index contributed by atoms with van der Waals surface area (Å²) in [4.78, 5) is 30.7. The number of piperidine rings is 1. The topological polar surface area (TPSA) is 68.7 Å². The zero-order chi connectivity index (χ0) is 19.2. The Hall–Kier alpha value is -2.12. The first-order valence-corrected chi connectivity index (χ1v) is 10.1. The average molecular weight is 409 g/mol. The van der Waals surface area contributed by atoms with Crippen LogP contribution in [0, 0.1) is 5.92 Å². The molecule has 2 aromatic rings. The molecule has 1 aromatic heterocycles. The van der Waals surface area contributed by atoms with Crippen LogP contribution in [0.3, 0.4) is 0 Å². The van der Waals surface area contributed by atoms with E-state index >= 15 is 0 Å². The molecule has 1 fully saturated rings. The van der Waals surface area contributed by atoms with Crippen molar-refractivity contribution in [2.75, 3.05) is 19.7 Å². The van der Waals surface area contributed by atoms with Crippen molar-refractivity contribution < 1.29 is 19.1 Å². The summed E-state index contributed by atoms with van der Waals surface area (Å²) in [7, 11) is 0. The summed E-state index contributed by atoms with van der Waals surface area (Å²) in [6.45, 7) is 3.38. The monoisotopic (exact) mass is 408 g/mol. The number of amides is 1. The fraction of sp³-hybridized carbons (Fsp3) is 0.421. The number of thiazole rings is 1. The lowest BCUT2D eigenvalue weighted by molar-refractivity contribution is -0.149. The number of aromatic nitrogens is 1. The van der Waals surface area contributed by atoms with Crippen molar-refractivity contribution in [1.82, 2.24) is 9.88 Å². The van der Waals surface area contributed by atoms with Crippen molar-refractivity contribution in [3.63, 3.8) is 0 Å². The molecule has 6 nitrogen and oxygen atoms in total. The third kappa shape index (κ3) is 4.99. The van der Waals surface area contributed by atoms with Crippen molar-refractivity contribution in [1.29, 1.82) is 0 Å². The van der Waals surface area contributed by atoms with Crippen molar-refractivity contribution in [2.45, 2.75) is 26.4 Å². The van der Waals surface area contributed by atoms with Crippen LogP contribution in [0.1, 0.15) is 35.3 Å². The molecule has 3 rings (SSSR count). The van der Waals surface area contributed by atoms with E-state index in [-0.39, 0.29) is 24.4 Å². The largest absolute Gasteiger partial charge is 0.485 e. The Labute approximate surface area is 167 Å². The van der Waals surface area contributed by atoms with E-state index in [0.29, 0.717) is 41.2 Å². The van der Waals surface area contributed by atoms with Gasteiger partial charge in [0.2, 0.25) is 0 Å². The zero-order valence-electron chi connectivity index (χ0n) is 15.0. The fourth-order valence-corrected chi connectivity index (χ4v) is 3.82. The van der Waals surface area contributed by atoms with Crippen LogP contribution >= 0.6 is 22.9 Å². The summed E-state index contributed by atoms with van der Waals surface area (Å²) in [6.07, 6.45) is 1.53. The molecule has 0 spiro atoms. The van der Waals surface area contributed by atoms with E-state index in [1.165, 1.54) is 11.3 Å². The van der Waals surface area contributed by atoms with Crippen LogP contribution in [0.25, 0.3) is 0 Å². The van der Waals surface area contributed by atoms with Gasteiger partial charge in [0.15, 0.2) is 0 Å². The molecule has 0 radical (unpaired) electrons. The van der Waals surface area contributed by atoms with Gasteiger partial charge in [-0.15, -0.1) is 11.3 Å². The normalized spacial score (nSPS) is 16.8. The highest BCUT2D eigenvalue weighted by atomic mass is 35.5. The van der Waals surface area contributed by atoms with Gasteiger partial charge < -0.3 is 14.4 Å². The molecule has 1 aliphatic rings. The molecule has 1 aromatic carbocycles. The fourth-order valence-electron chi connectivity index (χ4n) is 2.95. The first-order chi connectivity index (χ1) is 13.1. The van der Waals surface area contributed by atoms with Crippen LogP contribution in [0.2, 0.25) is 5.02 Å². The second kappa shape index (κ2) is 9.19. The summed E-state index contributed by atoms with van der Waals surface area (Å²) in [5.41, 5.74) is 0.377. The predicted molar refractivity (Wildman–Crippen MR) is 103 cm³/mol. The van der Waals surface area contributed by atoms with E-state index < -0.39 is 0 Å². The number of hydrogen-bond donors (Lipinski definition) is 0. The molecule has 0 aliphatic carbocycles. The number of rotatable bonds is 6. The third-order valence-electron chi connectivity index (χ3n) is 4.29. The van der Waals surface area contributed by atoms with Gasteiger partial charge in [0.1, 0.15) is 23.1 Å². The van der Waals surface area contributed by atoms with Crippen LogP contribution in [0.4, 0.5) is 0 Å². The molecule has 8 heteroatoms. The van der Waals surface area contributed by atoms with Crippen LogP contribution < -0.4 is 4.74 Å². The lowest BCUT2D eigenvalue weighted by Crippen LogP contribution is -2.43. The smallest absolute Gasteiger partial charge is 0.310 e. The van der Waals surface area contributed by atoms with Crippen molar-refractivity contribution in [3.8, 4) is 5.75 Å². The molecule has 27 heavy (non-hydrogen) atoms. The molecule has 1 atom stereocenters. The number of halogens is 1. The Balaban J connectivity index is 1.59. The second-order valence-electron chi connectivity index (χ2n) is 6.19. The van der Waals surface area contributed by atoms with Crippen molar-refractivity contribution in [3.05, 3.63) is 45.4 Å². The van der Waals surface area contributed by atoms with E-state index in [1.54, 1.807) is 29.3 Å². The molecule has 0 saturated carbocycles. The Morgan fingerprint density at radius 3 is 2.96 bits per heavy atom. The predicted octanol–water partition coefficient (Wildman–Crippen LogP) is 3.79. The van der Waals surface area contributed by atoms with Crippen LogP contribution in [-0.4, -0.2) is 41.5 Å². The molecule has 1 saturated heterocycles. The zero-order valence-corrected chi connectivity index (χ0v) is 16.6. The van der Waals surface area contributed by atoms with Crippen LogP contribution in [0.5, 0.6) is 5.75 Å². The second-order valence-corrected chi connectivity index (χ2v) is 7.54. The molecule has 144 valence electrons. The van der Waals surface area contributed by atoms with E-state index in [1.807, 2.05) is 12.1 Å². The minimum Gasteiger partial charge on any atom is -0.485 e. The Kier molecular flexibility index (Phi) is 6.68. The van der Waals surface area contributed by atoms with Gasteiger partial charge in [-0.3, -0.25) is 9.59 Å². The molecule has 1 aliphatic heterocycles. The minimum absolute atomic E-state index is 0.163. The first kappa shape index (κ1) is 19.6. The molecule has 2 heterocycles. The standard InChI is InChI=1S/C19H21ClN2O4S/c1-2-25-19(24)13-6-5-9-22(10-13)18(23)15-12-27-17(21-15)11-26-16-8-4-3-7-14(16)20/h3-4,7-8,12-13H,2,5-6,9-11H2,1H3/t13-/m0/s1. The maximum Gasteiger partial charge on any atom is 0.310 e. The van der Waals surface area contributed by atoms with Gasteiger partial charge in [0, 0.05) is 18.5 Å². The van der Waals surface area contributed by atoms with Gasteiger partial charge in [0.05, 0.1) is 17.5 Å². The highest BCUT2D eigenvalue weighted by Crippen LogP contribution is 2.25. The average Bonchev–Trinajstić information content (AvgIpc) is 3.16. The summed E-state index contributed by atoms with van der Waals surface area (Å²) < 4.78 is 10.8. The van der Waals surface area contributed by atoms with Crippen molar-refractivity contribution in [2.24, 2.45) is 5.92 Å². The molecule has 1 amide bonds. The lowest BCUT2D eigenvalue weighted by atomic mass is 9.98. The Morgan fingerprint density at radius 2 is 2.19 bits per heavy atom. The van der Waals surface area contributed by atoms with Gasteiger partial charge in [-0.05, 0) is 31.9 Å². The van der Waals surface area contributed by atoms with Crippen LogP contribution in [-0.2, 0) is 16.1 Å². The number of esters is 1. The highest BCUT2D eigenvalue weighted by molar-refractivity contribution is 7.09. The van der Waals surface area contributed by atoms with Gasteiger partial charge in [-0.25, -0.2) is 4.98 Å². The quantitative estimate of drug-likeness (QED) is 0.680. The maximum atomic E-state index is 12.7. The third-order valence-corrected chi connectivity index (χ3v) is 5.42. The van der Waals surface area contributed by atoms with Crippen LogP contribution in [0.15, 0.2) is 29.6 Å². The number of carbonyl (C=O) groups excluding carboxylic acids is 2. The first-order valence-electron chi connectivity index (χ1n) is 8.86. The maximum absolute atomic E-state index is 12.7. The van der Waals surface area contributed by atoms with E-state index in [2.05, 4.69) is 4.98 Å². The van der Waals surface area contributed by atoms with Gasteiger partial charge in [-0.1, -0.05) is 23.7 Å². The van der Waals surface area contributed by atoms with Gasteiger partial charge >= 0.3 is 5.97 Å². The van der Waals surface area contributed by atoms with E-state index in [4.69, 9.17) is 21.1 Å². The van der Waals surface area contributed by atoms with Gasteiger partial charge in [0.25, 0.3) is 5.91 Å². The number of carbonyl (C=O) groups is 2. The number of likely N-dealkylation sites (tertiary alicyclic amines) is 1. The van der Waals surface area contributed by atoms with Crippen molar-refractivity contribution >= 4 is 34.8 Å². The lowest BCUT2D eigenvalue weighted by Gasteiger charge is -2.31. The van der Waals surface area contributed by atoms with E-state index in [0.717, 1.165) is 12.8 Å². The van der Waals surface area contributed by atoms with Gasteiger partial charge in [-0.2, -0.15) is 0 Å². The van der Waals surface area contributed by atoms with E-state index in [9.17, 15) is 9.59 Å². The minimum atomic E-state index is -0.260. The molecule has 0 N–H and O–H groups in total. The number of nitrogens with zero attached hydrogens (tertiary/aromatic N) is 2. The summed E-state index contributed by atoms with van der Waals surface area (Å²) in [5.74, 6) is -0.0776. The molecular formula is C19H21ClN2O4S. The molecule has 0 bridgehead atoms. The summed E-state index contributed by atoms with van der Waals surface area (Å²) in [6, 6.07) is 7.21.